The fourth-order valence-electron chi connectivity index (χ4n) is 3.86. The summed E-state index contributed by atoms with van der Waals surface area (Å²) >= 11 is 0. The summed E-state index contributed by atoms with van der Waals surface area (Å²) in [5, 5.41) is 21.5. The second-order valence-electron chi connectivity index (χ2n) is 10.4. The first-order chi connectivity index (χ1) is 20.8. The molecule has 0 saturated heterocycles. The summed E-state index contributed by atoms with van der Waals surface area (Å²) in [5.41, 5.74) is 15.0. The number of nitro groups is 1. The van der Waals surface area contributed by atoms with E-state index >= 15 is 0 Å². The number of benzene rings is 1. The second-order valence-corrected chi connectivity index (χ2v) is 10.4. The van der Waals surface area contributed by atoms with Gasteiger partial charge < -0.3 is 32.2 Å². The Bertz CT molecular complexity index is 1150. The lowest BCUT2D eigenvalue weighted by Crippen LogP contribution is -2.57. The van der Waals surface area contributed by atoms with Crippen LogP contribution < -0.4 is 38.3 Å². The topological polar surface area (TPSA) is 258 Å². The van der Waals surface area contributed by atoms with E-state index in [9.17, 15) is 29.3 Å². The Hall–Kier alpha value is -4.96. The molecule has 0 aliphatic carbocycles. The standard InChI is InChI=1S/C27H44N10O7/c1-5-18(4)22(34-27(41)44-16-19-10-7-6-8-11-19)24(39)33-21(14-17(2)3)23(38)32-20(15-31-35-26(29)40)12-9-13-30-25(28)36-37(42)43/h6-8,10-11,15,17-18,20-22H,5,9,12-14,16H2,1-4H3,(H,32,38)(H,33,39)(H,34,41)(H3,28,30,36)(H3,29,35,40)/b31-15+/t18-,20-,21-,22-/m0/s1. The normalized spacial score (nSPS) is 14.2. The number of hydrogen-bond acceptors (Lipinski definition) is 9. The van der Waals surface area contributed by atoms with Crippen LogP contribution in [0.3, 0.4) is 0 Å². The highest BCUT2D eigenvalue weighted by Crippen LogP contribution is 2.12. The fourth-order valence-corrected chi connectivity index (χ4v) is 3.86. The van der Waals surface area contributed by atoms with Crippen LogP contribution in [0.5, 0.6) is 0 Å². The number of rotatable bonds is 18. The Kier molecular flexibility index (Phi) is 16.9. The maximum Gasteiger partial charge on any atom is 0.408 e. The van der Waals surface area contributed by atoms with Gasteiger partial charge in [0.05, 0.1) is 6.04 Å². The molecule has 44 heavy (non-hydrogen) atoms. The fraction of sp³-hybridized carbons (Fsp3) is 0.556. The summed E-state index contributed by atoms with van der Waals surface area (Å²) in [4.78, 5) is 64.7. The van der Waals surface area contributed by atoms with Crippen LogP contribution in [-0.4, -0.2) is 65.8 Å². The summed E-state index contributed by atoms with van der Waals surface area (Å²) in [5.74, 6) is -1.74. The highest BCUT2D eigenvalue weighted by Gasteiger charge is 2.31. The number of guanidine groups is 1. The largest absolute Gasteiger partial charge is 0.445 e. The zero-order valence-corrected chi connectivity index (χ0v) is 25.4. The van der Waals surface area contributed by atoms with E-state index < -0.39 is 47.1 Å². The average Bonchev–Trinajstić information content (AvgIpc) is 2.95. The van der Waals surface area contributed by atoms with Crippen LogP contribution in [-0.2, 0) is 20.9 Å². The van der Waals surface area contributed by atoms with Crippen LogP contribution in [0.4, 0.5) is 9.59 Å². The molecule has 244 valence electrons. The van der Waals surface area contributed by atoms with E-state index in [4.69, 9.17) is 16.2 Å². The van der Waals surface area contributed by atoms with Crippen LogP contribution in [0.25, 0.3) is 0 Å². The third-order valence-corrected chi connectivity index (χ3v) is 6.24. The number of ether oxygens (including phenoxy) is 1. The van der Waals surface area contributed by atoms with Gasteiger partial charge >= 0.3 is 12.1 Å². The van der Waals surface area contributed by atoms with Crippen molar-refractivity contribution in [3.05, 3.63) is 46.0 Å². The molecule has 0 spiro atoms. The molecule has 0 aromatic heterocycles. The molecule has 9 N–H and O–H groups in total. The monoisotopic (exact) mass is 620 g/mol. The first kappa shape index (κ1) is 37.1. The molecule has 1 aromatic carbocycles. The minimum absolute atomic E-state index is 0.00643. The summed E-state index contributed by atoms with van der Waals surface area (Å²) in [6.07, 6.45) is 1.89. The number of hydrogen-bond donors (Lipinski definition) is 7. The molecule has 17 heteroatoms. The number of nitrogens with two attached hydrogens (primary N) is 2. The highest BCUT2D eigenvalue weighted by molar-refractivity contribution is 5.92. The molecule has 0 aliphatic heterocycles. The van der Waals surface area contributed by atoms with Gasteiger partial charge in [0.2, 0.25) is 11.8 Å². The highest BCUT2D eigenvalue weighted by atomic mass is 16.7. The number of nitrogens with zero attached hydrogens (tertiary/aromatic N) is 3. The van der Waals surface area contributed by atoms with Crippen LogP contribution >= 0.6 is 0 Å². The van der Waals surface area contributed by atoms with E-state index in [0.717, 1.165) is 5.56 Å². The zero-order chi connectivity index (χ0) is 33.1. The van der Waals surface area contributed by atoms with Crippen molar-refractivity contribution in [1.82, 2.24) is 26.8 Å². The number of urea groups is 1. The van der Waals surface area contributed by atoms with Gasteiger partial charge in [-0.1, -0.05) is 69.9 Å². The quantitative estimate of drug-likeness (QED) is 0.0403. The van der Waals surface area contributed by atoms with Gasteiger partial charge in [0.25, 0.3) is 5.96 Å². The molecule has 5 amide bonds. The predicted molar refractivity (Wildman–Crippen MR) is 163 cm³/mol. The van der Waals surface area contributed by atoms with Crippen LogP contribution in [0.2, 0.25) is 0 Å². The van der Waals surface area contributed by atoms with Crippen LogP contribution in [0, 0.1) is 22.0 Å². The average molecular weight is 621 g/mol. The number of primary amides is 1. The smallest absolute Gasteiger partial charge is 0.408 e. The van der Waals surface area contributed by atoms with Gasteiger partial charge in [-0.15, -0.1) is 0 Å². The molecule has 1 rings (SSSR count). The lowest BCUT2D eigenvalue weighted by molar-refractivity contribution is -0.525. The van der Waals surface area contributed by atoms with Crippen molar-refractivity contribution in [1.29, 1.82) is 0 Å². The third kappa shape index (κ3) is 15.9. The van der Waals surface area contributed by atoms with E-state index in [1.165, 1.54) is 6.21 Å². The molecule has 0 aliphatic rings. The first-order valence-corrected chi connectivity index (χ1v) is 14.2. The van der Waals surface area contributed by atoms with Gasteiger partial charge in [0.15, 0.2) is 5.03 Å². The Morgan fingerprint density at radius 3 is 2.32 bits per heavy atom. The molecule has 4 atom stereocenters. The molecule has 0 saturated carbocycles. The molecule has 0 heterocycles. The molecule has 0 unspecified atom stereocenters. The van der Waals surface area contributed by atoms with Crippen molar-refractivity contribution in [3.63, 3.8) is 0 Å². The van der Waals surface area contributed by atoms with E-state index in [-0.39, 0.29) is 43.8 Å². The first-order valence-electron chi connectivity index (χ1n) is 14.2. The Morgan fingerprint density at radius 2 is 1.73 bits per heavy atom. The number of aliphatic imine (C=N–C) groups is 1. The van der Waals surface area contributed by atoms with Gasteiger partial charge in [-0.25, -0.2) is 30.1 Å². The van der Waals surface area contributed by atoms with E-state index in [2.05, 4.69) is 26.0 Å². The minimum Gasteiger partial charge on any atom is -0.445 e. The van der Waals surface area contributed by atoms with Gasteiger partial charge in [0, 0.05) is 12.8 Å². The van der Waals surface area contributed by atoms with Crippen molar-refractivity contribution in [3.8, 4) is 0 Å². The van der Waals surface area contributed by atoms with Gasteiger partial charge in [-0.3, -0.25) is 9.59 Å². The van der Waals surface area contributed by atoms with E-state index in [1.807, 2.05) is 44.4 Å². The number of hydrazine groups is 1. The summed E-state index contributed by atoms with van der Waals surface area (Å²) in [6.45, 7) is 7.55. The van der Waals surface area contributed by atoms with Crippen molar-refractivity contribution >= 4 is 36.1 Å². The van der Waals surface area contributed by atoms with Crippen LogP contribution in [0.15, 0.2) is 40.4 Å². The number of amides is 5. The minimum atomic E-state index is -0.978. The molecule has 0 radical (unpaired) electrons. The predicted octanol–water partition coefficient (Wildman–Crippen LogP) is 0.874. The zero-order valence-electron chi connectivity index (χ0n) is 25.4. The van der Waals surface area contributed by atoms with Crippen molar-refractivity contribution in [2.24, 2.45) is 33.4 Å². The van der Waals surface area contributed by atoms with Crippen molar-refractivity contribution in [2.75, 3.05) is 6.54 Å². The molecule has 0 fully saturated rings. The summed E-state index contributed by atoms with van der Waals surface area (Å²) in [6, 6.07) is 5.48. The van der Waals surface area contributed by atoms with Crippen molar-refractivity contribution < 1.29 is 28.9 Å². The Morgan fingerprint density at radius 1 is 1.05 bits per heavy atom. The maximum atomic E-state index is 13.4. The lowest BCUT2D eigenvalue weighted by atomic mass is 9.97. The van der Waals surface area contributed by atoms with Gasteiger partial charge in [-0.2, -0.15) is 5.10 Å². The summed E-state index contributed by atoms with van der Waals surface area (Å²) in [7, 11) is 0. The van der Waals surface area contributed by atoms with Gasteiger partial charge in [-0.05, 0) is 36.7 Å². The van der Waals surface area contributed by atoms with E-state index in [0.29, 0.717) is 12.8 Å². The van der Waals surface area contributed by atoms with Crippen LogP contribution in [0.1, 0.15) is 58.9 Å². The van der Waals surface area contributed by atoms with E-state index in [1.54, 1.807) is 24.5 Å². The number of carbonyl (C=O) groups excluding carboxylic acids is 4. The van der Waals surface area contributed by atoms with Crippen molar-refractivity contribution in [2.45, 2.75) is 78.1 Å². The SMILES string of the molecule is CC[C@H](C)[C@H](NC(=O)OCc1ccccc1)C(=O)N[C@@H](CC(C)C)C(=O)N[C@H](/C=N/NC(N)=O)CCCN=C(N)N[N+](=O)[O-]. The Balaban J connectivity index is 2.97. The number of nitrogens with one attached hydrogen (secondary N) is 5. The molecule has 0 bridgehead atoms. The molecular weight excluding hydrogens is 576 g/mol. The lowest BCUT2D eigenvalue weighted by Gasteiger charge is -2.27. The summed E-state index contributed by atoms with van der Waals surface area (Å²) < 4.78 is 5.29. The number of alkyl carbamates (subject to hydrolysis) is 1. The number of carbonyl (C=O) groups is 4. The maximum absolute atomic E-state index is 13.4. The third-order valence-electron chi connectivity index (χ3n) is 6.24. The van der Waals surface area contributed by atoms with Gasteiger partial charge in [0.1, 0.15) is 18.7 Å². The molecular formula is C27H44N10O7. The molecule has 1 aromatic rings. The number of hydrazone groups is 1. The Labute approximate surface area is 256 Å². The second kappa shape index (κ2) is 20.0. The molecule has 17 nitrogen and oxygen atoms in total.